The van der Waals surface area contributed by atoms with Crippen molar-refractivity contribution in [3.05, 3.63) is 10.4 Å². The van der Waals surface area contributed by atoms with Crippen LogP contribution in [0.25, 0.3) is 10.4 Å². The summed E-state index contributed by atoms with van der Waals surface area (Å²) in [7, 11) is 0. The summed E-state index contributed by atoms with van der Waals surface area (Å²) in [5.74, 6) is 0. The van der Waals surface area contributed by atoms with Gasteiger partial charge in [-0.2, -0.15) is 0 Å². The third-order valence-corrected chi connectivity index (χ3v) is 15.0. The van der Waals surface area contributed by atoms with Gasteiger partial charge in [-0.15, -0.1) is 0 Å². The Morgan fingerprint density at radius 2 is 1.60 bits per heavy atom. The van der Waals surface area contributed by atoms with Crippen molar-refractivity contribution in [2.75, 3.05) is 0 Å². The number of azide groups is 1. The molecular formula is C6H15N3Sn. The van der Waals surface area contributed by atoms with E-state index in [4.69, 9.17) is 5.53 Å². The molecule has 0 spiro atoms. The zero-order valence-electron chi connectivity index (χ0n) is 6.96. The third-order valence-electron chi connectivity index (χ3n) is 2.23. The first kappa shape index (κ1) is 10.1. The van der Waals surface area contributed by atoms with E-state index in [1.165, 1.54) is 0 Å². The number of nitrogens with zero attached hydrogens (tertiary/aromatic N) is 3. The summed E-state index contributed by atoms with van der Waals surface area (Å²) >= 11 is -2.22. The van der Waals surface area contributed by atoms with Crippen LogP contribution in [0, 0.1) is 0 Å². The minimum absolute atomic E-state index is 1.14. The Morgan fingerprint density at radius 3 is 1.70 bits per heavy atom. The second-order valence-corrected chi connectivity index (χ2v) is 16.1. The van der Waals surface area contributed by atoms with Crippen LogP contribution in [-0.4, -0.2) is 18.7 Å². The Kier molecular flexibility index (Phi) is 4.91. The van der Waals surface area contributed by atoms with Crippen molar-refractivity contribution in [2.24, 2.45) is 3.34 Å². The van der Waals surface area contributed by atoms with Crippen LogP contribution in [0.5, 0.6) is 0 Å². The first-order valence-corrected chi connectivity index (χ1v) is 11.1. The molecule has 0 heterocycles. The minimum atomic E-state index is -2.22. The van der Waals surface area contributed by atoms with Gasteiger partial charge < -0.3 is 0 Å². The monoisotopic (exact) mass is 249 g/mol. The molecule has 0 N–H and O–H groups in total. The number of hydrogen-bond acceptors (Lipinski definition) is 1. The molecule has 0 saturated heterocycles. The first-order chi connectivity index (χ1) is 4.74. The number of rotatable bonds is 4. The predicted molar refractivity (Wildman–Crippen MR) is 46.3 cm³/mol. The van der Waals surface area contributed by atoms with Crippen LogP contribution in [0.2, 0.25) is 13.3 Å². The van der Waals surface area contributed by atoms with Crippen LogP contribution in [-0.2, 0) is 0 Å². The zero-order chi connectivity index (χ0) is 8.04. The summed E-state index contributed by atoms with van der Waals surface area (Å²) in [6, 6.07) is 0. The van der Waals surface area contributed by atoms with Crippen molar-refractivity contribution in [3.63, 3.8) is 0 Å². The van der Waals surface area contributed by atoms with Crippen molar-refractivity contribution in [3.8, 4) is 0 Å². The molecule has 0 unspecified atom stereocenters. The van der Waals surface area contributed by atoms with Gasteiger partial charge in [-0.05, 0) is 0 Å². The van der Waals surface area contributed by atoms with Crippen molar-refractivity contribution >= 4 is 18.7 Å². The topological polar surface area (TPSA) is 48.8 Å². The van der Waals surface area contributed by atoms with E-state index in [2.05, 4.69) is 29.0 Å². The van der Waals surface area contributed by atoms with E-state index in [0.717, 1.165) is 13.3 Å². The summed E-state index contributed by atoms with van der Waals surface area (Å²) in [5.41, 5.74) is 8.31. The van der Waals surface area contributed by atoms with E-state index >= 15 is 0 Å². The van der Waals surface area contributed by atoms with E-state index in [0.29, 0.717) is 0 Å². The summed E-state index contributed by atoms with van der Waals surface area (Å²) < 4.78 is 7.44. The summed E-state index contributed by atoms with van der Waals surface area (Å²) in [6.45, 7) is 6.45. The van der Waals surface area contributed by atoms with Gasteiger partial charge in [0.2, 0.25) is 0 Å². The summed E-state index contributed by atoms with van der Waals surface area (Å²) in [5, 5.41) is 0. The van der Waals surface area contributed by atoms with Crippen LogP contribution >= 0.6 is 0 Å². The molecule has 0 aliphatic heterocycles. The maximum atomic E-state index is 8.31. The van der Waals surface area contributed by atoms with Crippen molar-refractivity contribution < 1.29 is 0 Å². The van der Waals surface area contributed by atoms with Crippen molar-refractivity contribution in [1.29, 1.82) is 0 Å². The Hall–Kier alpha value is 0.109. The normalized spacial score (nSPS) is 10.7. The molecule has 0 saturated carbocycles. The van der Waals surface area contributed by atoms with Gasteiger partial charge in [-0.25, -0.2) is 0 Å². The van der Waals surface area contributed by atoms with Crippen molar-refractivity contribution in [1.82, 2.24) is 0 Å². The van der Waals surface area contributed by atoms with Gasteiger partial charge in [0.15, 0.2) is 0 Å². The Balaban J connectivity index is 4.29. The van der Waals surface area contributed by atoms with Gasteiger partial charge in [-0.3, -0.25) is 0 Å². The van der Waals surface area contributed by atoms with Gasteiger partial charge in [0, 0.05) is 0 Å². The second kappa shape index (κ2) is 4.85. The second-order valence-electron chi connectivity index (χ2n) is 2.47. The quantitative estimate of drug-likeness (QED) is 0.317. The van der Waals surface area contributed by atoms with Crippen LogP contribution in [0.15, 0.2) is 3.34 Å². The van der Waals surface area contributed by atoms with E-state index < -0.39 is 18.7 Å². The van der Waals surface area contributed by atoms with Gasteiger partial charge in [0.25, 0.3) is 0 Å². The van der Waals surface area contributed by atoms with Crippen LogP contribution in [0.4, 0.5) is 0 Å². The molecule has 0 aromatic carbocycles. The molecule has 10 heavy (non-hydrogen) atoms. The molecule has 0 amide bonds. The standard InChI is InChI=1S/3C2H5.N3.Sn/c3*1-2;1-3-2;/h3*1H2,2H3;;/q;;;-1;+1. The van der Waals surface area contributed by atoms with E-state index in [9.17, 15) is 0 Å². The van der Waals surface area contributed by atoms with Crippen molar-refractivity contribution in [2.45, 2.75) is 34.1 Å². The Labute approximate surface area is 66.7 Å². The van der Waals surface area contributed by atoms with E-state index in [1.54, 1.807) is 0 Å². The molecule has 0 aromatic heterocycles. The Bertz CT molecular complexity index is 128. The van der Waals surface area contributed by atoms with Gasteiger partial charge in [0.05, 0.1) is 0 Å². The SMILES string of the molecule is C[CH2][Sn]([CH2]C)([CH2]C)[N]=[N+]=[N-]. The molecule has 0 aromatic rings. The Morgan fingerprint density at radius 1 is 1.20 bits per heavy atom. The third kappa shape index (κ3) is 2.38. The fourth-order valence-electron chi connectivity index (χ4n) is 1.06. The molecule has 0 aliphatic carbocycles. The molecule has 3 nitrogen and oxygen atoms in total. The molecule has 4 heteroatoms. The summed E-state index contributed by atoms with van der Waals surface area (Å²) in [6.07, 6.45) is 0. The van der Waals surface area contributed by atoms with Gasteiger partial charge in [0.1, 0.15) is 0 Å². The molecular weight excluding hydrogens is 233 g/mol. The van der Waals surface area contributed by atoms with Crippen LogP contribution in [0.3, 0.4) is 0 Å². The van der Waals surface area contributed by atoms with E-state index in [-0.39, 0.29) is 0 Å². The molecule has 0 aliphatic rings. The fourth-order valence-corrected chi connectivity index (χ4v) is 7.09. The molecule has 0 bridgehead atoms. The summed E-state index contributed by atoms with van der Waals surface area (Å²) in [4.78, 5) is 2.94. The fraction of sp³-hybridized carbons (Fsp3) is 1.00. The van der Waals surface area contributed by atoms with E-state index in [1.807, 2.05) is 0 Å². The molecule has 0 atom stereocenters. The average molecular weight is 248 g/mol. The number of hydrogen-bond donors (Lipinski definition) is 0. The molecule has 0 fully saturated rings. The average Bonchev–Trinajstić information content (AvgIpc) is 2.01. The molecule has 58 valence electrons. The molecule has 0 radical (unpaired) electrons. The van der Waals surface area contributed by atoms with Gasteiger partial charge >= 0.3 is 66.5 Å². The molecule has 0 rings (SSSR count). The first-order valence-electron chi connectivity index (χ1n) is 3.81. The zero-order valence-corrected chi connectivity index (χ0v) is 9.82. The predicted octanol–water partition coefficient (Wildman–Crippen LogP) is 3.30. The van der Waals surface area contributed by atoms with Crippen LogP contribution < -0.4 is 0 Å². The van der Waals surface area contributed by atoms with Gasteiger partial charge in [-0.1, -0.05) is 0 Å². The van der Waals surface area contributed by atoms with Crippen LogP contribution in [0.1, 0.15) is 20.8 Å². The maximum absolute atomic E-state index is 8.31.